The number of benzene rings is 1. The van der Waals surface area contributed by atoms with E-state index in [1.807, 2.05) is 6.92 Å². The second kappa shape index (κ2) is 7.20. The minimum Gasteiger partial charge on any atom is -0.339 e. The van der Waals surface area contributed by atoms with Gasteiger partial charge in [0.2, 0.25) is 0 Å². The second-order valence-corrected chi connectivity index (χ2v) is 5.25. The van der Waals surface area contributed by atoms with Crippen molar-refractivity contribution in [3.05, 3.63) is 47.5 Å². The fourth-order valence-electron chi connectivity index (χ4n) is 2.41. The lowest BCUT2D eigenvalue weighted by atomic mass is 10.2. The summed E-state index contributed by atoms with van der Waals surface area (Å²) in [6, 6.07) is 6.42. The van der Waals surface area contributed by atoms with Crippen LogP contribution in [0.2, 0.25) is 0 Å². The standard InChI is InChI=1S/C17H22FN3O/c1-4-6-11-20(5-2)17(22)14-12-19-21(13(14)3)16-10-8-7-9-15(16)18/h7-10,12H,4-6,11H2,1-3H3. The second-order valence-electron chi connectivity index (χ2n) is 5.25. The first-order valence-corrected chi connectivity index (χ1v) is 7.68. The lowest BCUT2D eigenvalue weighted by molar-refractivity contribution is 0.0761. The van der Waals surface area contributed by atoms with Crippen molar-refractivity contribution < 1.29 is 9.18 Å². The summed E-state index contributed by atoms with van der Waals surface area (Å²) in [4.78, 5) is 14.4. The number of nitrogens with zero attached hydrogens (tertiary/aromatic N) is 3. The van der Waals surface area contributed by atoms with Crippen molar-refractivity contribution in [3.63, 3.8) is 0 Å². The summed E-state index contributed by atoms with van der Waals surface area (Å²) in [5, 5.41) is 4.19. The Hall–Kier alpha value is -2.17. The maximum absolute atomic E-state index is 13.9. The van der Waals surface area contributed by atoms with Crippen LogP contribution in [-0.2, 0) is 0 Å². The van der Waals surface area contributed by atoms with E-state index in [2.05, 4.69) is 12.0 Å². The van der Waals surface area contributed by atoms with Gasteiger partial charge in [0.25, 0.3) is 5.91 Å². The predicted octanol–water partition coefficient (Wildman–Crippen LogP) is 3.58. The Labute approximate surface area is 130 Å². The number of halogens is 1. The third-order valence-corrected chi connectivity index (χ3v) is 3.77. The fourth-order valence-corrected chi connectivity index (χ4v) is 2.41. The van der Waals surface area contributed by atoms with Crippen molar-refractivity contribution in [1.82, 2.24) is 14.7 Å². The van der Waals surface area contributed by atoms with Crippen LogP contribution in [0, 0.1) is 12.7 Å². The zero-order valence-corrected chi connectivity index (χ0v) is 13.3. The topological polar surface area (TPSA) is 38.1 Å². The molecule has 0 aliphatic heterocycles. The number of rotatable bonds is 6. The van der Waals surface area contributed by atoms with E-state index in [1.165, 1.54) is 16.9 Å². The molecule has 0 fully saturated rings. The van der Waals surface area contributed by atoms with Crippen molar-refractivity contribution in [2.75, 3.05) is 13.1 Å². The van der Waals surface area contributed by atoms with Crippen molar-refractivity contribution in [2.24, 2.45) is 0 Å². The molecule has 0 saturated heterocycles. The highest BCUT2D eigenvalue weighted by Crippen LogP contribution is 2.18. The monoisotopic (exact) mass is 303 g/mol. The molecule has 0 N–H and O–H groups in total. The van der Waals surface area contributed by atoms with E-state index in [0.29, 0.717) is 23.5 Å². The third kappa shape index (κ3) is 3.18. The van der Waals surface area contributed by atoms with Crippen LogP contribution >= 0.6 is 0 Å². The molecule has 1 aromatic carbocycles. The molecule has 1 aromatic heterocycles. The quantitative estimate of drug-likeness (QED) is 0.818. The number of aromatic nitrogens is 2. The summed E-state index contributed by atoms with van der Waals surface area (Å²) in [6.45, 7) is 7.24. The molecule has 0 saturated carbocycles. The number of hydrogen-bond acceptors (Lipinski definition) is 2. The average Bonchev–Trinajstić information content (AvgIpc) is 2.90. The van der Waals surface area contributed by atoms with Gasteiger partial charge in [0.05, 0.1) is 17.5 Å². The zero-order chi connectivity index (χ0) is 16.1. The van der Waals surface area contributed by atoms with Gasteiger partial charge in [-0.3, -0.25) is 4.79 Å². The van der Waals surface area contributed by atoms with Crippen LogP contribution in [-0.4, -0.2) is 33.7 Å². The SMILES string of the molecule is CCCCN(CC)C(=O)c1cnn(-c2ccccc2F)c1C. The largest absolute Gasteiger partial charge is 0.339 e. The van der Waals surface area contributed by atoms with Crippen LogP contribution in [0.5, 0.6) is 0 Å². The van der Waals surface area contributed by atoms with Gasteiger partial charge < -0.3 is 4.90 Å². The molecule has 2 rings (SSSR count). The fraction of sp³-hybridized carbons (Fsp3) is 0.412. The molecule has 0 spiro atoms. The van der Waals surface area contributed by atoms with Gasteiger partial charge in [-0.2, -0.15) is 5.10 Å². The van der Waals surface area contributed by atoms with E-state index in [0.717, 1.165) is 19.4 Å². The van der Waals surface area contributed by atoms with Crippen molar-refractivity contribution >= 4 is 5.91 Å². The number of carbonyl (C=O) groups excluding carboxylic acids is 1. The number of carbonyl (C=O) groups is 1. The summed E-state index contributed by atoms with van der Waals surface area (Å²) in [6.07, 6.45) is 3.54. The van der Waals surface area contributed by atoms with Gasteiger partial charge in [-0.1, -0.05) is 25.5 Å². The van der Waals surface area contributed by atoms with Crippen molar-refractivity contribution in [1.29, 1.82) is 0 Å². The zero-order valence-electron chi connectivity index (χ0n) is 13.3. The Bertz CT molecular complexity index is 651. The first-order valence-electron chi connectivity index (χ1n) is 7.68. The maximum Gasteiger partial charge on any atom is 0.257 e. The highest BCUT2D eigenvalue weighted by Gasteiger charge is 2.20. The van der Waals surface area contributed by atoms with Crippen LogP contribution in [0.25, 0.3) is 5.69 Å². The van der Waals surface area contributed by atoms with Gasteiger partial charge in [-0.15, -0.1) is 0 Å². The van der Waals surface area contributed by atoms with Crippen molar-refractivity contribution in [3.8, 4) is 5.69 Å². The normalized spacial score (nSPS) is 10.7. The third-order valence-electron chi connectivity index (χ3n) is 3.77. The van der Waals surface area contributed by atoms with Crippen LogP contribution < -0.4 is 0 Å². The molecular weight excluding hydrogens is 281 g/mol. The van der Waals surface area contributed by atoms with E-state index >= 15 is 0 Å². The molecule has 1 heterocycles. The Morgan fingerprint density at radius 2 is 2.05 bits per heavy atom. The lowest BCUT2D eigenvalue weighted by Gasteiger charge is -2.20. The molecular formula is C17H22FN3O. The predicted molar refractivity (Wildman–Crippen MR) is 84.7 cm³/mol. The van der Waals surface area contributed by atoms with E-state index < -0.39 is 0 Å². The van der Waals surface area contributed by atoms with E-state index in [-0.39, 0.29) is 11.7 Å². The van der Waals surface area contributed by atoms with Gasteiger partial charge in [0, 0.05) is 13.1 Å². The molecule has 0 radical (unpaired) electrons. The Morgan fingerprint density at radius 1 is 1.32 bits per heavy atom. The van der Waals surface area contributed by atoms with Gasteiger partial charge >= 0.3 is 0 Å². The maximum atomic E-state index is 13.9. The summed E-state index contributed by atoms with van der Waals surface area (Å²) in [5.74, 6) is -0.401. The van der Waals surface area contributed by atoms with Gasteiger partial charge in [-0.05, 0) is 32.4 Å². The first kappa shape index (κ1) is 16.2. The van der Waals surface area contributed by atoms with Gasteiger partial charge in [-0.25, -0.2) is 9.07 Å². The number of hydrogen-bond donors (Lipinski definition) is 0. The molecule has 5 heteroatoms. The minimum atomic E-state index is -0.356. The summed E-state index contributed by atoms with van der Waals surface area (Å²) >= 11 is 0. The molecule has 4 nitrogen and oxygen atoms in total. The lowest BCUT2D eigenvalue weighted by Crippen LogP contribution is -2.32. The Morgan fingerprint density at radius 3 is 2.68 bits per heavy atom. The highest BCUT2D eigenvalue weighted by atomic mass is 19.1. The van der Waals surface area contributed by atoms with Crippen LogP contribution in [0.3, 0.4) is 0 Å². The van der Waals surface area contributed by atoms with E-state index in [4.69, 9.17) is 0 Å². The van der Waals surface area contributed by atoms with E-state index in [1.54, 1.807) is 30.0 Å². The number of unbranched alkanes of at least 4 members (excludes halogenated alkanes) is 1. The average molecular weight is 303 g/mol. The van der Waals surface area contributed by atoms with Gasteiger partial charge in [0.15, 0.2) is 0 Å². The molecule has 2 aromatic rings. The summed E-state index contributed by atoms with van der Waals surface area (Å²) in [7, 11) is 0. The molecule has 0 atom stereocenters. The minimum absolute atomic E-state index is 0.0453. The Kier molecular flexibility index (Phi) is 5.31. The van der Waals surface area contributed by atoms with Crippen LogP contribution in [0.4, 0.5) is 4.39 Å². The Balaban J connectivity index is 2.31. The van der Waals surface area contributed by atoms with Crippen molar-refractivity contribution in [2.45, 2.75) is 33.6 Å². The number of amides is 1. The summed E-state index contributed by atoms with van der Waals surface area (Å²) < 4.78 is 15.4. The summed E-state index contributed by atoms with van der Waals surface area (Å²) in [5.41, 5.74) is 1.54. The van der Waals surface area contributed by atoms with Gasteiger partial charge in [0.1, 0.15) is 11.5 Å². The molecule has 1 amide bonds. The molecule has 0 aliphatic rings. The molecule has 118 valence electrons. The van der Waals surface area contributed by atoms with Crippen LogP contribution in [0.15, 0.2) is 30.5 Å². The molecule has 22 heavy (non-hydrogen) atoms. The molecule has 0 bridgehead atoms. The van der Waals surface area contributed by atoms with E-state index in [9.17, 15) is 9.18 Å². The number of para-hydroxylation sites is 1. The van der Waals surface area contributed by atoms with Crippen LogP contribution in [0.1, 0.15) is 42.7 Å². The smallest absolute Gasteiger partial charge is 0.257 e. The first-order chi connectivity index (χ1) is 10.6. The molecule has 0 unspecified atom stereocenters. The highest BCUT2D eigenvalue weighted by molar-refractivity contribution is 5.95. The molecule has 0 aliphatic carbocycles.